The van der Waals surface area contributed by atoms with Crippen molar-refractivity contribution in [1.82, 2.24) is 0 Å². The quantitative estimate of drug-likeness (QED) is 0.472. The van der Waals surface area contributed by atoms with Crippen LogP contribution in [0.25, 0.3) is 0 Å². The number of ether oxygens (including phenoxy) is 3. The molecule has 0 saturated carbocycles. The molecule has 0 spiro atoms. The average molecular weight is 312 g/mol. The summed E-state index contributed by atoms with van der Waals surface area (Å²) in [4.78, 5) is 11.0. The van der Waals surface area contributed by atoms with Gasteiger partial charge in [-0.3, -0.25) is 4.79 Å². The zero-order valence-corrected chi connectivity index (χ0v) is 14.2. The van der Waals surface area contributed by atoms with Crippen LogP contribution >= 0.6 is 0 Å². The van der Waals surface area contributed by atoms with Crippen LogP contribution in [0.1, 0.15) is 78.1 Å². The van der Waals surface area contributed by atoms with Gasteiger partial charge in [0, 0.05) is 13.0 Å². The molecule has 0 aromatic rings. The van der Waals surface area contributed by atoms with E-state index in [1.165, 1.54) is 32.1 Å². The Morgan fingerprint density at radius 1 is 1.18 bits per heavy atom. The average Bonchev–Trinajstić information content (AvgIpc) is 2.93. The molecule has 2 fully saturated rings. The fourth-order valence-corrected chi connectivity index (χ4v) is 3.23. The van der Waals surface area contributed by atoms with E-state index in [1.54, 1.807) is 0 Å². The minimum atomic E-state index is -0.0190. The van der Waals surface area contributed by atoms with E-state index in [0.29, 0.717) is 12.3 Å². The number of rotatable bonds is 9. The lowest BCUT2D eigenvalue weighted by atomic mass is 9.97. The van der Waals surface area contributed by atoms with Gasteiger partial charge in [-0.2, -0.15) is 0 Å². The van der Waals surface area contributed by atoms with Crippen LogP contribution in [0.15, 0.2) is 0 Å². The molecule has 0 aromatic heterocycles. The number of unbranched alkanes of at least 4 members (excludes halogenated alkanes) is 2. The molecule has 4 atom stereocenters. The van der Waals surface area contributed by atoms with Gasteiger partial charge in [-0.1, -0.05) is 19.8 Å². The maximum Gasteiger partial charge on any atom is 0.306 e. The van der Waals surface area contributed by atoms with E-state index >= 15 is 0 Å². The summed E-state index contributed by atoms with van der Waals surface area (Å²) < 4.78 is 16.9. The molecule has 0 bridgehead atoms. The summed E-state index contributed by atoms with van der Waals surface area (Å²) in [6.45, 7) is 5.28. The Bertz CT molecular complexity index is 325. The van der Waals surface area contributed by atoms with E-state index in [9.17, 15) is 4.79 Å². The minimum absolute atomic E-state index is 0.0169. The van der Waals surface area contributed by atoms with Crippen molar-refractivity contribution in [2.45, 2.75) is 96.6 Å². The standard InChI is InChI=1S/C18H32O4/c1-14(15(2)21-18-10-6-7-13-20-18)8-4-3-5-9-16-11-12-17(19)22-16/h14-16,18H,3-13H2,1-2H3. The molecule has 4 nitrogen and oxygen atoms in total. The van der Waals surface area contributed by atoms with Crippen molar-refractivity contribution < 1.29 is 19.0 Å². The molecule has 2 saturated heterocycles. The molecule has 2 aliphatic heterocycles. The lowest BCUT2D eigenvalue weighted by Gasteiger charge is -2.29. The van der Waals surface area contributed by atoms with E-state index in [4.69, 9.17) is 14.2 Å². The van der Waals surface area contributed by atoms with Crippen molar-refractivity contribution in [3.8, 4) is 0 Å². The van der Waals surface area contributed by atoms with Crippen molar-refractivity contribution >= 4 is 5.97 Å². The molecule has 0 N–H and O–H groups in total. The number of carbonyl (C=O) groups is 1. The fourth-order valence-electron chi connectivity index (χ4n) is 3.23. The van der Waals surface area contributed by atoms with Crippen molar-refractivity contribution in [2.75, 3.05) is 6.61 Å². The third-order valence-electron chi connectivity index (χ3n) is 4.96. The van der Waals surface area contributed by atoms with Crippen molar-refractivity contribution in [3.05, 3.63) is 0 Å². The van der Waals surface area contributed by atoms with Crippen LogP contribution in [-0.4, -0.2) is 31.1 Å². The molecule has 0 aromatic carbocycles. The Labute approximate surface area is 134 Å². The monoisotopic (exact) mass is 312 g/mol. The zero-order chi connectivity index (χ0) is 15.8. The highest BCUT2D eigenvalue weighted by atomic mass is 16.7. The van der Waals surface area contributed by atoms with Gasteiger partial charge in [0.25, 0.3) is 0 Å². The number of carbonyl (C=O) groups excluding carboxylic acids is 1. The molecule has 0 aliphatic carbocycles. The smallest absolute Gasteiger partial charge is 0.306 e. The van der Waals surface area contributed by atoms with E-state index in [0.717, 1.165) is 32.3 Å². The van der Waals surface area contributed by atoms with Gasteiger partial charge >= 0.3 is 5.97 Å². The Kier molecular flexibility index (Phi) is 7.67. The second-order valence-corrected chi connectivity index (χ2v) is 6.90. The maximum absolute atomic E-state index is 11.0. The molecule has 128 valence electrons. The van der Waals surface area contributed by atoms with Crippen LogP contribution in [-0.2, 0) is 19.0 Å². The summed E-state index contributed by atoms with van der Waals surface area (Å²) >= 11 is 0. The van der Waals surface area contributed by atoms with Gasteiger partial charge in [-0.05, 0) is 57.8 Å². The number of cyclic esters (lactones) is 1. The summed E-state index contributed by atoms with van der Waals surface area (Å²) in [5.74, 6) is 0.546. The number of hydrogen-bond donors (Lipinski definition) is 0. The molecule has 0 amide bonds. The first kappa shape index (κ1) is 17.7. The maximum atomic E-state index is 11.0. The van der Waals surface area contributed by atoms with Crippen molar-refractivity contribution in [3.63, 3.8) is 0 Å². The van der Waals surface area contributed by atoms with Gasteiger partial charge in [-0.25, -0.2) is 0 Å². The van der Waals surface area contributed by atoms with Crippen LogP contribution in [0.2, 0.25) is 0 Å². The van der Waals surface area contributed by atoms with E-state index in [1.807, 2.05) is 0 Å². The lowest BCUT2D eigenvalue weighted by Crippen LogP contribution is -2.29. The van der Waals surface area contributed by atoms with Gasteiger partial charge in [0.05, 0.1) is 6.10 Å². The van der Waals surface area contributed by atoms with E-state index in [-0.39, 0.29) is 24.5 Å². The second-order valence-electron chi connectivity index (χ2n) is 6.90. The van der Waals surface area contributed by atoms with Crippen molar-refractivity contribution in [1.29, 1.82) is 0 Å². The van der Waals surface area contributed by atoms with Gasteiger partial charge in [0.15, 0.2) is 6.29 Å². The molecule has 0 radical (unpaired) electrons. The third kappa shape index (κ3) is 6.25. The first-order valence-electron chi connectivity index (χ1n) is 9.11. The van der Waals surface area contributed by atoms with Gasteiger partial charge in [0.2, 0.25) is 0 Å². The highest BCUT2D eigenvalue weighted by Crippen LogP contribution is 2.23. The fraction of sp³-hybridized carbons (Fsp3) is 0.944. The molecule has 2 aliphatic rings. The normalized spacial score (nSPS) is 28.4. The Morgan fingerprint density at radius 2 is 2.05 bits per heavy atom. The first-order chi connectivity index (χ1) is 10.6. The van der Waals surface area contributed by atoms with E-state index < -0.39 is 0 Å². The summed E-state index contributed by atoms with van der Waals surface area (Å²) in [5.41, 5.74) is 0. The predicted molar refractivity (Wildman–Crippen MR) is 85.5 cm³/mol. The lowest BCUT2D eigenvalue weighted by molar-refractivity contribution is -0.193. The van der Waals surface area contributed by atoms with Gasteiger partial charge in [0.1, 0.15) is 6.10 Å². The van der Waals surface area contributed by atoms with Crippen LogP contribution in [0.3, 0.4) is 0 Å². The minimum Gasteiger partial charge on any atom is -0.462 e. The van der Waals surface area contributed by atoms with Gasteiger partial charge < -0.3 is 14.2 Å². The third-order valence-corrected chi connectivity index (χ3v) is 4.96. The molecule has 22 heavy (non-hydrogen) atoms. The highest BCUT2D eigenvalue weighted by Gasteiger charge is 2.23. The molecule has 4 unspecified atom stereocenters. The Morgan fingerprint density at radius 3 is 2.73 bits per heavy atom. The van der Waals surface area contributed by atoms with Crippen LogP contribution in [0.4, 0.5) is 0 Å². The second kappa shape index (κ2) is 9.51. The molecular formula is C18H32O4. The summed E-state index contributed by atoms with van der Waals surface area (Å²) in [6.07, 6.45) is 11.2. The van der Waals surface area contributed by atoms with E-state index in [2.05, 4.69) is 13.8 Å². The Balaban J connectivity index is 1.49. The number of hydrogen-bond acceptors (Lipinski definition) is 4. The first-order valence-corrected chi connectivity index (χ1v) is 9.11. The predicted octanol–water partition coefficient (Wildman–Crippen LogP) is 4.21. The summed E-state index contributed by atoms with van der Waals surface area (Å²) in [7, 11) is 0. The summed E-state index contributed by atoms with van der Waals surface area (Å²) in [5, 5.41) is 0. The molecule has 4 heteroatoms. The molecule has 2 rings (SSSR count). The molecular weight excluding hydrogens is 280 g/mol. The zero-order valence-electron chi connectivity index (χ0n) is 14.2. The molecule has 2 heterocycles. The Hall–Kier alpha value is -0.610. The highest BCUT2D eigenvalue weighted by molar-refractivity contribution is 5.71. The van der Waals surface area contributed by atoms with Gasteiger partial charge in [-0.15, -0.1) is 0 Å². The van der Waals surface area contributed by atoms with Crippen LogP contribution < -0.4 is 0 Å². The number of esters is 1. The van der Waals surface area contributed by atoms with Crippen LogP contribution in [0, 0.1) is 5.92 Å². The largest absolute Gasteiger partial charge is 0.462 e. The SMILES string of the molecule is CC(CCCCCC1CCC(=O)O1)C(C)OC1CCCCO1. The summed E-state index contributed by atoms with van der Waals surface area (Å²) in [6, 6.07) is 0. The topological polar surface area (TPSA) is 44.8 Å². The van der Waals surface area contributed by atoms with Crippen molar-refractivity contribution in [2.24, 2.45) is 5.92 Å². The van der Waals surface area contributed by atoms with Crippen LogP contribution in [0.5, 0.6) is 0 Å².